The van der Waals surface area contributed by atoms with Crippen LogP contribution in [0.4, 0.5) is 0 Å². The Morgan fingerprint density at radius 1 is 0.762 bits per heavy atom. The first kappa shape index (κ1) is 20.8. The molecule has 0 aromatic carbocycles. The average molecular weight is 303 g/mol. The fourth-order valence-corrected chi connectivity index (χ4v) is 2.39. The molecule has 0 saturated heterocycles. The second kappa shape index (κ2) is 14.8. The molecule has 0 heterocycles. The minimum absolute atomic E-state index is 0.378. The first-order valence-electron chi connectivity index (χ1n) is 8.62. The first-order valence-corrected chi connectivity index (χ1v) is 8.62. The van der Waals surface area contributed by atoms with E-state index in [-0.39, 0.29) is 0 Å². The second-order valence-electron chi connectivity index (χ2n) is 5.68. The van der Waals surface area contributed by atoms with Crippen molar-refractivity contribution in [3.63, 3.8) is 0 Å². The van der Waals surface area contributed by atoms with Crippen molar-refractivity contribution in [3.05, 3.63) is 0 Å². The minimum atomic E-state index is 0.378. The predicted octanol–water partition coefficient (Wildman–Crippen LogP) is 3.25. The van der Waals surface area contributed by atoms with Gasteiger partial charge in [0.1, 0.15) is 0 Å². The summed E-state index contributed by atoms with van der Waals surface area (Å²) in [4.78, 5) is 0. The highest BCUT2D eigenvalue weighted by Gasteiger charge is 2.24. The van der Waals surface area contributed by atoms with Crippen LogP contribution in [0.15, 0.2) is 0 Å². The normalized spacial score (nSPS) is 12.0. The molecule has 0 spiro atoms. The highest BCUT2D eigenvalue weighted by atomic mass is 16.5. The highest BCUT2D eigenvalue weighted by molar-refractivity contribution is 4.78. The van der Waals surface area contributed by atoms with Gasteiger partial charge in [-0.3, -0.25) is 0 Å². The molecule has 0 radical (unpaired) electrons. The Bertz CT molecular complexity index is 208. The van der Waals surface area contributed by atoms with E-state index in [0.29, 0.717) is 31.8 Å². The molecule has 4 nitrogen and oxygen atoms in total. The van der Waals surface area contributed by atoms with Crippen molar-refractivity contribution in [1.82, 2.24) is 5.32 Å². The van der Waals surface area contributed by atoms with E-state index in [1.165, 1.54) is 19.3 Å². The fourth-order valence-electron chi connectivity index (χ4n) is 2.39. The van der Waals surface area contributed by atoms with Crippen LogP contribution in [0.3, 0.4) is 0 Å². The van der Waals surface area contributed by atoms with Gasteiger partial charge in [-0.25, -0.2) is 0 Å². The predicted molar refractivity (Wildman–Crippen MR) is 88.9 cm³/mol. The van der Waals surface area contributed by atoms with Gasteiger partial charge < -0.3 is 19.5 Å². The summed E-state index contributed by atoms with van der Waals surface area (Å²) in [7, 11) is 2.03. The van der Waals surface area contributed by atoms with Gasteiger partial charge in [0.25, 0.3) is 0 Å². The molecule has 0 amide bonds. The van der Waals surface area contributed by atoms with Crippen molar-refractivity contribution >= 4 is 0 Å². The molecule has 21 heavy (non-hydrogen) atoms. The Labute approximate surface area is 131 Å². The first-order chi connectivity index (χ1) is 10.2. The van der Waals surface area contributed by atoms with Gasteiger partial charge in [-0.15, -0.1) is 0 Å². The van der Waals surface area contributed by atoms with Gasteiger partial charge in [0, 0.05) is 19.8 Å². The molecule has 0 unspecified atom stereocenters. The van der Waals surface area contributed by atoms with E-state index >= 15 is 0 Å². The number of hydrogen-bond donors (Lipinski definition) is 1. The molecule has 0 aromatic heterocycles. The monoisotopic (exact) mass is 303 g/mol. The van der Waals surface area contributed by atoms with Gasteiger partial charge in [-0.1, -0.05) is 27.2 Å². The number of rotatable bonds is 16. The number of unbranched alkanes of at least 4 members (excludes halogenated alkanes) is 1. The van der Waals surface area contributed by atoms with Crippen LogP contribution < -0.4 is 5.32 Å². The third kappa shape index (κ3) is 11.1. The van der Waals surface area contributed by atoms with Crippen LogP contribution in [-0.4, -0.2) is 53.2 Å². The van der Waals surface area contributed by atoms with Gasteiger partial charge in [0.05, 0.1) is 26.4 Å². The van der Waals surface area contributed by atoms with E-state index in [0.717, 1.165) is 32.6 Å². The largest absolute Gasteiger partial charge is 0.379 e. The zero-order valence-corrected chi connectivity index (χ0v) is 14.7. The molecule has 0 aliphatic carbocycles. The lowest BCUT2D eigenvalue weighted by Crippen LogP contribution is -2.32. The molecule has 0 aliphatic heterocycles. The summed E-state index contributed by atoms with van der Waals surface area (Å²) in [6.45, 7) is 12.1. The molecule has 0 atom stereocenters. The molecule has 0 saturated carbocycles. The highest BCUT2D eigenvalue weighted by Crippen LogP contribution is 2.29. The Kier molecular flexibility index (Phi) is 14.7. The number of hydrogen-bond acceptors (Lipinski definition) is 4. The van der Waals surface area contributed by atoms with E-state index in [4.69, 9.17) is 14.2 Å². The van der Waals surface area contributed by atoms with Crippen LogP contribution >= 0.6 is 0 Å². The van der Waals surface area contributed by atoms with Crippen LogP contribution in [0.25, 0.3) is 0 Å². The SMILES string of the molecule is CCCCOCCOCCOCCC(CC)(CC)CNC. The summed E-state index contributed by atoms with van der Waals surface area (Å²) in [6, 6.07) is 0. The maximum atomic E-state index is 5.69. The second-order valence-corrected chi connectivity index (χ2v) is 5.68. The van der Waals surface area contributed by atoms with E-state index in [9.17, 15) is 0 Å². The summed E-state index contributed by atoms with van der Waals surface area (Å²) >= 11 is 0. The molecule has 4 heteroatoms. The lowest BCUT2D eigenvalue weighted by molar-refractivity contribution is 0.00722. The summed E-state index contributed by atoms with van der Waals surface area (Å²) in [5, 5.41) is 3.31. The maximum Gasteiger partial charge on any atom is 0.0701 e. The summed E-state index contributed by atoms with van der Waals surface area (Å²) < 4.78 is 16.6. The zero-order valence-electron chi connectivity index (χ0n) is 14.7. The van der Waals surface area contributed by atoms with Crippen molar-refractivity contribution in [1.29, 1.82) is 0 Å². The molecular weight excluding hydrogens is 266 g/mol. The lowest BCUT2D eigenvalue weighted by atomic mass is 9.79. The molecule has 0 bridgehead atoms. The van der Waals surface area contributed by atoms with Crippen molar-refractivity contribution < 1.29 is 14.2 Å². The topological polar surface area (TPSA) is 39.7 Å². The molecule has 0 aliphatic rings. The third-order valence-electron chi connectivity index (χ3n) is 4.21. The van der Waals surface area contributed by atoms with Crippen molar-refractivity contribution in [3.8, 4) is 0 Å². The zero-order chi connectivity index (χ0) is 15.8. The molecule has 128 valence electrons. The average Bonchev–Trinajstić information content (AvgIpc) is 2.51. The van der Waals surface area contributed by atoms with Crippen LogP contribution in [0, 0.1) is 5.41 Å². The number of nitrogens with one attached hydrogen (secondary N) is 1. The van der Waals surface area contributed by atoms with Crippen LogP contribution in [0.1, 0.15) is 52.9 Å². The number of ether oxygens (including phenoxy) is 3. The summed E-state index contributed by atoms with van der Waals surface area (Å²) in [6.07, 6.45) is 5.81. The van der Waals surface area contributed by atoms with Gasteiger partial charge >= 0.3 is 0 Å². The van der Waals surface area contributed by atoms with Crippen molar-refractivity contribution in [2.75, 3.05) is 53.2 Å². The Hall–Kier alpha value is -0.160. The van der Waals surface area contributed by atoms with E-state index < -0.39 is 0 Å². The van der Waals surface area contributed by atoms with E-state index in [1.54, 1.807) is 0 Å². The maximum absolute atomic E-state index is 5.69. The molecule has 0 aromatic rings. The van der Waals surface area contributed by atoms with Crippen LogP contribution in [0.5, 0.6) is 0 Å². The standard InChI is InChI=1S/C17H37NO3/c1-5-8-10-19-12-14-21-15-13-20-11-9-17(6-2,7-3)16-18-4/h18H,5-16H2,1-4H3. The van der Waals surface area contributed by atoms with Crippen LogP contribution in [0.2, 0.25) is 0 Å². The van der Waals surface area contributed by atoms with Crippen LogP contribution in [-0.2, 0) is 14.2 Å². The summed E-state index contributed by atoms with van der Waals surface area (Å²) in [5.41, 5.74) is 0.378. The Balaban J connectivity index is 3.42. The van der Waals surface area contributed by atoms with E-state index in [2.05, 4.69) is 26.1 Å². The molecule has 1 N–H and O–H groups in total. The fraction of sp³-hybridized carbons (Fsp3) is 1.00. The minimum Gasteiger partial charge on any atom is -0.379 e. The third-order valence-corrected chi connectivity index (χ3v) is 4.21. The Morgan fingerprint density at radius 3 is 1.76 bits per heavy atom. The molecule has 0 fully saturated rings. The van der Waals surface area contributed by atoms with Crippen molar-refractivity contribution in [2.24, 2.45) is 5.41 Å². The van der Waals surface area contributed by atoms with Crippen molar-refractivity contribution in [2.45, 2.75) is 52.9 Å². The van der Waals surface area contributed by atoms with Gasteiger partial charge in [0.15, 0.2) is 0 Å². The lowest BCUT2D eigenvalue weighted by Gasteiger charge is -2.31. The molecular formula is C17H37NO3. The van der Waals surface area contributed by atoms with E-state index in [1.807, 2.05) is 7.05 Å². The quantitative estimate of drug-likeness (QED) is 0.444. The summed E-state index contributed by atoms with van der Waals surface area (Å²) in [5.74, 6) is 0. The van der Waals surface area contributed by atoms with Gasteiger partial charge in [0.2, 0.25) is 0 Å². The van der Waals surface area contributed by atoms with Gasteiger partial charge in [-0.05, 0) is 38.1 Å². The smallest absolute Gasteiger partial charge is 0.0701 e. The van der Waals surface area contributed by atoms with Gasteiger partial charge in [-0.2, -0.15) is 0 Å². The molecule has 0 rings (SSSR count). The Morgan fingerprint density at radius 2 is 1.29 bits per heavy atom.